The van der Waals surface area contributed by atoms with Gasteiger partial charge in [-0.25, -0.2) is 4.79 Å². The van der Waals surface area contributed by atoms with Crippen molar-refractivity contribution in [3.05, 3.63) is 40.6 Å². The molecule has 0 saturated carbocycles. The molecule has 17 heavy (non-hydrogen) atoms. The monoisotopic (exact) mass is 230 g/mol. The lowest BCUT2D eigenvalue weighted by Crippen LogP contribution is -1.95. The molecule has 88 valence electrons. The second-order valence-corrected chi connectivity index (χ2v) is 4.21. The molecule has 1 aromatic heterocycles. The van der Waals surface area contributed by atoms with E-state index >= 15 is 0 Å². The molecular weight excluding hydrogens is 216 g/mol. The average molecular weight is 230 g/mol. The molecule has 4 heteroatoms. The maximum Gasteiger partial charge on any atom is 0.353 e. The Labute approximate surface area is 99.3 Å². The highest BCUT2D eigenvalue weighted by molar-refractivity contribution is 5.86. The van der Waals surface area contributed by atoms with Crippen molar-refractivity contribution in [2.45, 2.75) is 20.8 Å². The van der Waals surface area contributed by atoms with E-state index in [1.54, 1.807) is 6.07 Å². The van der Waals surface area contributed by atoms with Gasteiger partial charge in [0.1, 0.15) is 5.69 Å². The van der Waals surface area contributed by atoms with E-state index in [1.165, 1.54) is 16.7 Å². The SMILES string of the molecule is Cc1cc(-c2cc(C(=O)O)[nH]n2)cc(C)c1C. The van der Waals surface area contributed by atoms with E-state index in [0.717, 1.165) is 5.56 Å². The summed E-state index contributed by atoms with van der Waals surface area (Å²) < 4.78 is 0. The van der Waals surface area contributed by atoms with E-state index in [0.29, 0.717) is 5.69 Å². The Morgan fingerprint density at radius 2 is 1.76 bits per heavy atom. The lowest BCUT2D eigenvalue weighted by molar-refractivity contribution is 0.0690. The van der Waals surface area contributed by atoms with Crippen LogP contribution in [0.4, 0.5) is 0 Å². The van der Waals surface area contributed by atoms with Crippen LogP contribution in [-0.2, 0) is 0 Å². The van der Waals surface area contributed by atoms with Crippen LogP contribution in [0.25, 0.3) is 11.3 Å². The Hall–Kier alpha value is -2.10. The van der Waals surface area contributed by atoms with Crippen molar-refractivity contribution in [3.63, 3.8) is 0 Å². The molecule has 0 aliphatic carbocycles. The quantitative estimate of drug-likeness (QED) is 0.833. The number of carbonyl (C=O) groups is 1. The number of hydrogen-bond acceptors (Lipinski definition) is 2. The minimum Gasteiger partial charge on any atom is -0.477 e. The Bertz CT molecular complexity index is 562. The number of benzene rings is 1. The molecule has 2 rings (SSSR count). The normalized spacial score (nSPS) is 10.5. The van der Waals surface area contributed by atoms with Crippen molar-refractivity contribution >= 4 is 5.97 Å². The van der Waals surface area contributed by atoms with E-state index in [9.17, 15) is 4.79 Å². The number of nitrogens with one attached hydrogen (secondary N) is 1. The summed E-state index contributed by atoms with van der Waals surface area (Å²) in [6.45, 7) is 6.15. The molecule has 0 spiro atoms. The number of nitrogens with zero attached hydrogens (tertiary/aromatic N) is 1. The first-order chi connectivity index (χ1) is 7.99. The largest absolute Gasteiger partial charge is 0.477 e. The third kappa shape index (κ3) is 2.06. The molecule has 2 aromatic rings. The molecule has 0 fully saturated rings. The number of rotatable bonds is 2. The van der Waals surface area contributed by atoms with Gasteiger partial charge >= 0.3 is 5.97 Å². The predicted molar refractivity (Wildman–Crippen MR) is 65.2 cm³/mol. The number of aryl methyl sites for hydroxylation is 2. The van der Waals surface area contributed by atoms with Gasteiger partial charge in [-0.2, -0.15) is 5.10 Å². The van der Waals surface area contributed by atoms with Gasteiger partial charge in [0.2, 0.25) is 0 Å². The van der Waals surface area contributed by atoms with E-state index in [-0.39, 0.29) is 5.69 Å². The zero-order chi connectivity index (χ0) is 12.6. The standard InChI is InChI=1S/C13H14N2O2/c1-7-4-10(5-8(2)9(7)3)11-6-12(13(16)17)15-14-11/h4-6H,1-3H3,(H,14,15)(H,16,17). The second-order valence-electron chi connectivity index (χ2n) is 4.21. The molecule has 1 aromatic carbocycles. The fourth-order valence-electron chi connectivity index (χ4n) is 1.76. The summed E-state index contributed by atoms with van der Waals surface area (Å²) >= 11 is 0. The molecule has 4 nitrogen and oxygen atoms in total. The Kier molecular flexibility index (Phi) is 2.71. The van der Waals surface area contributed by atoms with Crippen molar-refractivity contribution < 1.29 is 9.90 Å². The maximum atomic E-state index is 10.8. The first-order valence-corrected chi connectivity index (χ1v) is 5.36. The summed E-state index contributed by atoms with van der Waals surface area (Å²) in [6.07, 6.45) is 0. The Balaban J connectivity index is 2.49. The number of carboxylic acids is 1. The minimum absolute atomic E-state index is 0.107. The smallest absolute Gasteiger partial charge is 0.353 e. The summed E-state index contributed by atoms with van der Waals surface area (Å²) in [5.74, 6) is -0.996. The lowest BCUT2D eigenvalue weighted by Gasteiger charge is -2.06. The highest BCUT2D eigenvalue weighted by Gasteiger charge is 2.10. The van der Waals surface area contributed by atoms with Crippen molar-refractivity contribution in [1.29, 1.82) is 0 Å². The van der Waals surface area contributed by atoms with E-state index in [2.05, 4.69) is 17.1 Å². The van der Waals surface area contributed by atoms with Crippen LogP contribution in [-0.4, -0.2) is 21.3 Å². The van der Waals surface area contributed by atoms with Gasteiger partial charge in [0, 0.05) is 5.56 Å². The predicted octanol–water partition coefficient (Wildman–Crippen LogP) is 2.70. The Morgan fingerprint density at radius 3 is 2.24 bits per heavy atom. The zero-order valence-electron chi connectivity index (χ0n) is 10.0. The summed E-state index contributed by atoms with van der Waals surface area (Å²) in [5.41, 5.74) is 5.32. The van der Waals surface area contributed by atoms with Crippen LogP contribution in [0, 0.1) is 20.8 Å². The summed E-state index contributed by atoms with van der Waals surface area (Å²) in [6, 6.07) is 5.58. The van der Waals surface area contributed by atoms with Crippen LogP contribution in [0.3, 0.4) is 0 Å². The number of aromatic nitrogens is 2. The summed E-state index contributed by atoms with van der Waals surface area (Å²) in [5, 5.41) is 15.3. The van der Waals surface area contributed by atoms with Crippen LogP contribution in [0.1, 0.15) is 27.2 Å². The molecular formula is C13H14N2O2. The van der Waals surface area contributed by atoms with Gasteiger partial charge in [0.15, 0.2) is 0 Å². The van der Waals surface area contributed by atoms with Gasteiger partial charge in [-0.15, -0.1) is 0 Å². The summed E-state index contributed by atoms with van der Waals surface area (Å²) in [4.78, 5) is 10.8. The van der Waals surface area contributed by atoms with Crippen LogP contribution >= 0.6 is 0 Å². The molecule has 0 unspecified atom stereocenters. The van der Waals surface area contributed by atoms with Gasteiger partial charge in [0.05, 0.1) is 5.69 Å². The average Bonchev–Trinajstić information content (AvgIpc) is 2.74. The van der Waals surface area contributed by atoms with E-state index < -0.39 is 5.97 Å². The van der Waals surface area contributed by atoms with Crippen LogP contribution < -0.4 is 0 Å². The molecule has 0 aliphatic rings. The van der Waals surface area contributed by atoms with Crippen LogP contribution in [0.15, 0.2) is 18.2 Å². The highest BCUT2D eigenvalue weighted by atomic mass is 16.4. The molecule has 0 bridgehead atoms. The van der Waals surface area contributed by atoms with Crippen LogP contribution in [0.5, 0.6) is 0 Å². The van der Waals surface area contributed by atoms with E-state index in [4.69, 9.17) is 5.11 Å². The number of H-pyrrole nitrogens is 1. The van der Waals surface area contributed by atoms with Crippen molar-refractivity contribution in [3.8, 4) is 11.3 Å². The minimum atomic E-state index is -0.996. The topological polar surface area (TPSA) is 66.0 Å². The molecule has 0 radical (unpaired) electrons. The van der Waals surface area contributed by atoms with Gasteiger partial charge < -0.3 is 5.11 Å². The van der Waals surface area contributed by atoms with Gasteiger partial charge in [-0.1, -0.05) is 0 Å². The number of hydrogen-bond donors (Lipinski definition) is 2. The van der Waals surface area contributed by atoms with E-state index in [1.807, 2.05) is 26.0 Å². The zero-order valence-corrected chi connectivity index (χ0v) is 10.0. The number of aromatic amines is 1. The lowest BCUT2D eigenvalue weighted by atomic mass is 9.99. The second kappa shape index (κ2) is 4.05. The fraction of sp³-hybridized carbons (Fsp3) is 0.231. The van der Waals surface area contributed by atoms with Crippen molar-refractivity contribution in [1.82, 2.24) is 10.2 Å². The fourth-order valence-corrected chi connectivity index (χ4v) is 1.76. The number of carboxylic acid groups (broad SMARTS) is 1. The Morgan fingerprint density at radius 1 is 1.18 bits per heavy atom. The van der Waals surface area contributed by atoms with Gasteiger partial charge in [0.25, 0.3) is 0 Å². The van der Waals surface area contributed by atoms with Gasteiger partial charge in [-0.05, 0) is 55.7 Å². The van der Waals surface area contributed by atoms with Crippen LogP contribution in [0.2, 0.25) is 0 Å². The molecule has 0 atom stereocenters. The molecule has 0 aliphatic heterocycles. The van der Waals surface area contributed by atoms with Gasteiger partial charge in [-0.3, -0.25) is 5.10 Å². The summed E-state index contributed by atoms with van der Waals surface area (Å²) in [7, 11) is 0. The molecule has 2 N–H and O–H groups in total. The number of aromatic carboxylic acids is 1. The molecule has 1 heterocycles. The first-order valence-electron chi connectivity index (χ1n) is 5.36. The third-order valence-corrected chi connectivity index (χ3v) is 3.03. The molecule has 0 saturated heterocycles. The third-order valence-electron chi connectivity index (χ3n) is 3.03. The molecule has 0 amide bonds. The maximum absolute atomic E-state index is 10.8. The van der Waals surface area contributed by atoms with Crippen molar-refractivity contribution in [2.24, 2.45) is 0 Å². The van der Waals surface area contributed by atoms with Crippen molar-refractivity contribution in [2.75, 3.05) is 0 Å². The highest BCUT2D eigenvalue weighted by Crippen LogP contribution is 2.23. The first kappa shape index (κ1) is 11.4.